The molecule has 2 heterocycles. The number of rotatable bonds is 3. The van der Waals surface area contributed by atoms with Crippen molar-refractivity contribution in [3.8, 4) is 0 Å². The van der Waals surface area contributed by atoms with E-state index < -0.39 is 9.84 Å². The van der Waals surface area contributed by atoms with Gasteiger partial charge in [-0.1, -0.05) is 59.8 Å². The summed E-state index contributed by atoms with van der Waals surface area (Å²) >= 11 is 1.42. The summed E-state index contributed by atoms with van der Waals surface area (Å²) < 4.78 is 24.5. The Morgan fingerprint density at radius 3 is 2.38 bits per heavy atom. The number of para-hydroxylation sites is 1. The fourth-order valence-electron chi connectivity index (χ4n) is 4.04. The van der Waals surface area contributed by atoms with Gasteiger partial charge in [-0.05, 0) is 37.5 Å². The van der Waals surface area contributed by atoms with Crippen molar-refractivity contribution in [2.24, 2.45) is 4.99 Å². The average Bonchev–Trinajstić information content (AvgIpc) is 3.09. The van der Waals surface area contributed by atoms with Gasteiger partial charge in [0.2, 0.25) is 0 Å². The van der Waals surface area contributed by atoms with Gasteiger partial charge in [0.25, 0.3) is 5.91 Å². The van der Waals surface area contributed by atoms with Crippen molar-refractivity contribution in [2.45, 2.75) is 38.5 Å². The number of anilines is 1. The van der Waals surface area contributed by atoms with Crippen LogP contribution in [-0.2, 0) is 21.1 Å². The third-order valence-corrected chi connectivity index (χ3v) is 8.65. The van der Waals surface area contributed by atoms with Crippen LogP contribution in [0.3, 0.4) is 0 Å². The number of fused-ring (bicyclic) bond motifs is 1. The minimum atomic E-state index is -3.08. The van der Waals surface area contributed by atoms with Gasteiger partial charge in [0.05, 0.1) is 24.0 Å². The second-order valence-electron chi connectivity index (χ2n) is 7.86. The summed E-state index contributed by atoms with van der Waals surface area (Å²) in [6.45, 7) is 6.03. The van der Waals surface area contributed by atoms with Gasteiger partial charge in [-0.2, -0.15) is 4.99 Å². The van der Waals surface area contributed by atoms with Crippen LogP contribution < -0.4 is 4.90 Å². The number of sulfone groups is 1. The van der Waals surface area contributed by atoms with E-state index in [4.69, 9.17) is 0 Å². The molecule has 0 aliphatic carbocycles. The maximum atomic E-state index is 12.7. The minimum Gasteiger partial charge on any atom is -0.315 e. The van der Waals surface area contributed by atoms with Crippen LogP contribution in [0.15, 0.2) is 47.5 Å². The van der Waals surface area contributed by atoms with Crippen molar-refractivity contribution < 1.29 is 13.2 Å². The molecule has 5 nitrogen and oxygen atoms in total. The zero-order valence-electron chi connectivity index (χ0n) is 16.8. The molecule has 0 saturated carbocycles. The van der Waals surface area contributed by atoms with Crippen molar-refractivity contribution in [1.82, 2.24) is 0 Å². The third-order valence-electron chi connectivity index (χ3n) is 5.44. The number of aliphatic imine (C=N–C) groups is 1. The van der Waals surface area contributed by atoms with Gasteiger partial charge >= 0.3 is 0 Å². The van der Waals surface area contributed by atoms with Crippen LogP contribution >= 0.6 is 11.8 Å². The van der Waals surface area contributed by atoms with Crippen molar-refractivity contribution >= 4 is 38.4 Å². The Morgan fingerprint density at radius 1 is 1.07 bits per heavy atom. The minimum absolute atomic E-state index is 0.0927. The maximum Gasteiger partial charge on any atom is 0.252 e. The van der Waals surface area contributed by atoms with E-state index in [2.05, 4.69) is 4.99 Å². The molecule has 0 unspecified atom stereocenters. The molecular weight excluding hydrogens is 404 g/mol. The number of benzene rings is 2. The summed E-state index contributed by atoms with van der Waals surface area (Å²) in [5, 5.41) is 0.523. The number of amidine groups is 1. The van der Waals surface area contributed by atoms with Gasteiger partial charge in [0.1, 0.15) is 0 Å². The Balaban J connectivity index is 1.69. The largest absolute Gasteiger partial charge is 0.315 e. The molecule has 2 saturated heterocycles. The van der Waals surface area contributed by atoms with Gasteiger partial charge in [-0.3, -0.25) is 4.79 Å². The fourth-order valence-corrected chi connectivity index (χ4v) is 7.96. The monoisotopic (exact) mass is 428 g/mol. The van der Waals surface area contributed by atoms with Crippen LogP contribution in [0.4, 0.5) is 5.69 Å². The highest BCUT2D eigenvalue weighted by Crippen LogP contribution is 2.43. The van der Waals surface area contributed by atoms with Crippen molar-refractivity contribution in [2.75, 3.05) is 16.4 Å². The summed E-state index contributed by atoms with van der Waals surface area (Å²) in [5.41, 5.74) is 5.14. The van der Waals surface area contributed by atoms with E-state index in [0.29, 0.717) is 5.17 Å². The predicted molar refractivity (Wildman–Crippen MR) is 120 cm³/mol. The van der Waals surface area contributed by atoms with Crippen molar-refractivity contribution in [3.05, 3.63) is 64.7 Å². The highest BCUT2D eigenvalue weighted by atomic mass is 32.2. The van der Waals surface area contributed by atoms with Gasteiger partial charge in [-0.25, -0.2) is 8.42 Å². The lowest BCUT2D eigenvalue weighted by Gasteiger charge is -2.28. The number of nitrogens with zero attached hydrogens (tertiary/aromatic N) is 2. The second kappa shape index (κ2) is 7.61. The summed E-state index contributed by atoms with van der Waals surface area (Å²) in [6, 6.07) is 13.7. The van der Waals surface area contributed by atoms with Gasteiger partial charge in [0.15, 0.2) is 15.0 Å². The molecule has 2 aromatic rings. The van der Waals surface area contributed by atoms with E-state index in [9.17, 15) is 13.2 Å². The van der Waals surface area contributed by atoms with Crippen LogP contribution in [0, 0.1) is 20.8 Å². The first-order chi connectivity index (χ1) is 13.7. The molecule has 2 aromatic carbocycles. The second-order valence-corrected chi connectivity index (χ2v) is 11.2. The molecule has 0 bridgehead atoms. The van der Waals surface area contributed by atoms with Crippen LogP contribution in [0.5, 0.6) is 0 Å². The normalized spacial score (nSPS) is 24.1. The first-order valence-electron chi connectivity index (χ1n) is 9.63. The summed E-state index contributed by atoms with van der Waals surface area (Å²) in [5.74, 6) is 0.0221. The van der Waals surface area contributed by atoms with Crippen LogP contribution in [0.1, 0.15) is 22.3 Å². The summed E-state index contributed by atoms with van der Waals surface area (Å²) in [7, 11) is -3.08. The number of carbonyl (C=O) groups is 1. The molecular formula is C22H24N2O3S2. The SMILES string of the molecule is Cc1ccc(CC(=O)N=C2S[C@H]3CS(=O)(=O)C[C@H]3N2c2c(C)cccc2C)cc1. The van der Waals surface area contributed by atoms with Crippen molar-refractivity contribution in [1.29, 1.82) is 0 Å². The Hall–Kier alpha value is -2.12. The number of carbonyl (C=O) groups excluding carboxylic acids is 1. The standard InChI is InChI=1S/C22H24N2O3S2/c1-14-7-9-17(10-8-14)11-20(25)23-22-24(21-15(2)5-4-6-16(21)3)18-12-29(26,27)13-19(18)28-22/h4-10,18-19H,11-13H2,1-3H3/t18-,19+/m1/s1. The number of amides is 1. The molecule has 4 rings (SSSR count). The Bertz CT molecular complexity index is 1070. The van der Waals surface area contributed by atoms with Crippen LogP contribution in [0.25, 0.3) is 0 Å². The lowest BCUT2D eigenvalue weighted by molar-refractivity contribution is -0.117. The highest BCUT2D eigenvalue weighted by Gasteiger charge is 2.49. The zero-order chi connectivity index (χ0) is 20.8. The Labute approximate surface area is 176 Å². The molecule has 0 radical (unpaired) electrons. The molecule has 2 aliphatic rings. The summed E-state index contributed by atoms with van der Waals surface area (Å²) in [6.07, 6.45) is 0.235. The topological polar surface area (TPSA) is 66.8 Å². The maximum absolute atomic E-state index is 12.7. The van der Waals surface area contributed by atoms with Gasteiger partial charge in [-0.15, -0.1) is 0 Å². The third kappa shape index (κ3) is 4.12. The lowest BCUT2D eigenvalue weighted by Crippen LogP contribution is -2.38. The molecule has 0 spiro atoms. The first kappa shape index (κ1) is 20.2. The molecule has 152 valence electrons. The number of aryl methyl sites for hydroxylation is 3. The van der Waals surface area contributed by atoms with E-state index in [1.807, 2.05) is 68.1 Å². The van der Waals surface area contributed by atoms with Crippen LogP contribution in [-0.4, -0.2) is 42.3 Å². The number of hydrogen-bond donors (Lipinski definition) is 0. The molecule has 2 aliphatic heterocycles. The number of hydrogen-bond acceptors (Lipinski definition) is 4. The average molecular weight is 429 g/mol. The molecule has 2 atom stereocenters. The van der Waals surface area contributed by atoms with Crippen LogP contribution in [0.2, 0.25) is 0 Å². The highest BCUT2D eigenvalue weighted by molar-refractivity contribution is 8.16. The Kier molecular flexibility index (Phi) is 5.29. The molecule has 2 fully saturated rings. The predicted octanol–water partition coefficient (Wildman–Crippen LogP) is 3.46. The Morgan fingerprint density at radius 2 is 1.72 bits per heavy atom. The van der Waals surface area contributed by atoms with Gasteiger partial charge < -0.3 is 4.90 Å². The van der Waals surface area contributed by atoms with Crippen molar-refractivity contribution in [3.63, 3.8) is 0 Å². The van der Waals surface area contributed by atoms with Gasteiger partial charge in [0, 0.05) is 10.9 Å². The molecule has 0 aromatic heterocycles. The molecule has 7 heteroatoms. The quantitative estimate of drug-likeness (QED) is 0.749. The van der Waals surface area contributed by atoms with E-state index in [-0.39, 0.29) is 35.1 Å². The van der Waals surface area contributed by atoms with E-state index >= 15 is 0 Å². The summed E-state index contributed by atoms with van der Waals surface area (Å²) in [4.78, 5) is 19.1. The number of thioether (sulfide) groups is 1. The van der Waals surface area contributed by atoms with E-state index in [1.54, 1.807) is 0 Å². The molecule has 1 amide bonds. The fraction of sp³-hybridized carbons (Fsp3) is 0.364. The first-order valence-corrected chi connectivity index (χ1v) is 12.3. The zero-order valence-corrected chi connectivity index (χ0v) is 18.4. The lowest BCUT2D eigenvalue weighted by atomic mass is 10.1. The molecule has 29 heavy (non-hydrogen) atoms. The van der Waals surface area contributed by atoms with E-state index in [1.165, 1.54) is 11.8 Å². The smallest absolute Gasteiger partial charge is 0.252 e. The molecule has 0 N–H and O–H groups in total. The van der Waals surface area contributed by atoms with E-state index in [0.717, 1.165) is 27.9 Å².